The Morgan fingerprint density at radius 2 is 2.20 bits per heavy atom. The molecule has 0 aromatic heterocycles. The molecule has 5 atom stereocenters. The van der Waals surface area contributed by atoms with Crippen LogP contribution in [0.3, 0.4) is 0 Å². The van der Waals surface area contributed by atoms with Crippen LogP contribution in [0.5, 0.6) is 0 Å². The Bertz CT molecular complexity index is 674. The molecule has 5 nitrogen and oxygen atoms in total. The SMILES string of the molecule is C=C1C(=O)O[C@H]2/C=C(/C)CC[C@H]3O[C@]3(C)C[C@@H](OC(=O)/C(C)=C/C)[C@@H]12. The lowest BCUT2D eigenvalue weighted by Crippen LogP contribution is -2.37. The van der Waals surface area contributed by atoms with E-state index < -0.39 is 18.2 Å². The molecular formula is C20H26O5. The molecule has 0 N–H and O–H groups in total. The van der Waals surface area contributed by atoms with Crippen LogP contribution in [0.25, 0.3) is 0 Å². The molecule has 5 heteroatoms. The van der Waals surface area contributed by atoms with Gasteiger partial charge in [-0.05, 0) is 46.6 Å². The molecule has 0 radical (unpaired) electrons. The molecule has 0 aromatic rings. The monoisotopic (exact) mass is 346 g/mol. The van der Waals surface area contributed by atoms with Crippen molar-refractivity contribution in [2.24, 2.45) is 5.92 Å². The summed E-state index contributed by atoms with van der Waals surface area (Å²) in [6.07, 6.45) is 5.23. The highest BCUT2D eigenvalue weighted by atomic mass is 16.6. The maximum Gasteiger partial charge on any atom is 0.334 e. The second-order valence-electron chi connectivity index (χ2n) is 7.51. The summed E-state index contributed by atoms with van der Waals surface area (Å²) >= 11 is 0. The number of fused-ring (bicyclic) bond motifs is 2. The number of rotatable bonds is 2. The summed E-state index contributed by atoms with van der Waals surface area (Å²) in [5, 5.41) is 0. The van der Waals surface area contributed by atoms with Crippen LogP contribution in [-0.2, 0) is 23.8 Å². The maximum atomic E-state index is 12.4. The number of allylic oxidation sites excluding steroid dienone is 2. The molecule has 0 spiro atoms. The molecule has 0 amide bonds. The zero-order chi connectivity index (χ0) is 18.4. The Morgan fingerprint density at radius 3 is 2.88 bits per heavy atom. The van der Waals surface area contributed by atoms with Gasteiger partial charge in [-0.25, -0.2) is 9.59 Å². The number of carbonyl (C=O) groups is 2. The lowest BCUT2D eigenvalue weighted by Gasteiger charge is -2.28. The summed E-state index contributed by atoms with van der Waals surface area (Å²) in [6, 6.07) is 0. The normalized spacial score (nSPS) is 40.3. The van der Waals surface area contributed by atoms with Gasteiger partial charge in [0.25, 0.3) is 0 Å². The van der Waals surface area contributed by atoms with Crippen LogP contribution in [0.4, 0.5) is 0 Å². The molecule has 2 fully saturated rings. The summed E-state index contributed by atoms with van der Waals surface area (Å²) in [4.78, 5) is 24.5. The fourth-order valence-electron chi connectivity index (χ4n) is 3.73. The zero-order valence-corrected chi connectivity index (χ0v) is 15.3. The van der Waals surface area contributed by atoms with E-state index in [1.807, 2.05) is 19.9 Å². The molecule has 0 bridgehead atoms. The van der Waals surface area contributed by atoms with E-state index in [4.69, 9.17) is 14.2 Å². The first-order valence-electron chi connectivity index (χ1n) is 8.84. The van der Waals surface area contributed by atoms with E-state index in [0.29, 0.717) is 17.6 Å². The Hall–Kier alpha value is -1.88. The molecule has 0 aromatic carbocycles. The van der Waals surface area contributed by atoms with Crippen LogP contribution in [0.15, 0.2) is 35.5 Å². The highest BCUT2D eigenvalue weighted by Gasteiger charge is 2.56. The fourth-order valence-corrected chi connectivity index (χ4v) is 3.73. The first kappa shape index (κ1) is 17.9. The summed E-state index contributed by atoms with van der Waals surface area (Å²) in [5.74, 6) is -1.17. The Morgan fingerprint density at radius 1 is 1.48 bits per heavy atom. The zero-order valence-electron chi connectivity index (χ0n) is 15.3. The molecule has 3 rings (SSSR count). The van der Waals surface area contributed by atoms with Gasteiger partial charge in [-0.15, -0.1) is 0 Å². The smallest absolute Gasteiger partial charge is 0.334 e. The molecule has 136 valence electrons. The van der Waals surface area contributed by atoms with Gasteiger partial charge in [0.2, 0.25) is 0 Å². The quantitative estimate of drug-likeness (QED) is 0.332. The van der Waals surface area contributed by atoms with E-state index in [0.717, 1.165) is 18.4 Å². The van der Waals surface area contributed by atoms with Crippen molar-refractivity contribution in [1.82, 2.24) is 0 Å². The van der Waals surface area contributed by atoms with Gasteiger partial charge in [0.05, 0.1) is 17.6 Å². The van der Waals surface area contributed by atoms with Gasteiger partial charge >= 0.3 is 11.9 Å². The lowest BCUT2D eigenvalue weighted by molar-refractivity contribution is -0.148. The third kappa shape index (κ3) is 3.43. The van der Waals surface area contributed by atoms with Gasteiger partial charge in [0.15, 0.2) is 0 Å². The molecule has 2 saturated heterocycles. The number of carbonyl (C=O) groups excluding carboxylic acids is 2. The molecule has 0 unspecified atom stereocenters. The highest BCUT2D eigenvalue weighted by molar-refractivity contribution is 5.92. The number of hydrogen-bond acceptors (Lipinski definition) is 5. The largest absolute Gasteiger partial charge is 0.458 e. The number of epoxide rings is 1. The van der Waals surface area contributed by atoms with Gasteiger partial charge in [-0.2, -0.15) is 0 Å². The van der Waals surface area contributed by atoms with Crippen molar-refractivity contribution in [1.29, 1.82) is 0 Å². The molecule has 25 heavy (non-hydrogen) atoms. The molecule has 2 aliphatic heterocycles. The maximum absolute atomic E-state index is 12.4. The van der Waals surface area contributed by atoms with Crippen molar-refractivity contribution in [3.8, 4) is 0 Å². The minimum Gasteiger partial charge on any atom is -0.458 e. The number of ether oxygens (including phenoxy) is 3. The lowest BCUT2D eigenvalue weighted by atomic mass is 9.82. The van der Waals surface area contributed by atoms with Crippen LogP contribution < -0.4 is 0 Å². The highest BCUT2D eigenvalue weighted by Crippen LogP contribution is 2.47. The number of hydrogen-bond donors (Lipinski definition) is 0. The Labute approximate surface area is 148 Å². The second kappa shape index (κ2) is 6.45. The van der Waals surface area contributed by atoms with Crippen LogP contribution in [0, 0.1) is 5.92 Å². The van der Waals surface area contributed by atoms with Crippen LogP contribution in [0.2, 0.25) is 0 Å². The van der Waals surface area contributed by atoms with Crippen LogP contribution in [0.1, 0.15) is 47.0 Å². The minimum atomic E-state index is -0.511. The standard InChI is InChI=1S/C20H26O5/c1-6-12(3)18(21)24-15-10-20(5)16(25-20)8-7-11(2)9-14-17(15)13(4)19(22)23-14/h6,9,14-17H,4,7-8,10H2,1-3,5H3/b11-9-,12-6+/t14-,15+,16+,17-,20+/m0/s1. The summed E-state index contributed by atoms with van der Waals surface area (Å²) < 4.78 is 17.2. The molecule has 0 saturated carbocycles. The molecule has 1 aliphatic carbocycles. The molecular weight excluding hydrogens is 320 g/mol. The van der Waals surface area contributed by atoms with E-state index in [1.165, 1.54) is 0 Å². The van der Waals surface area contributed by atoms with E-state index in [2.05, 4.69) is 6.58 Å². The second-order valence-corrected chi connectivity index (χ2v) is 7.51. The number of esters is 2. The average Bonchev–Trinajstić information content (AvgIpc) is 3.11. The molecule has 2 heterocycles. The third-order valence-electron chi connectivity index (χ3n) is 5.57. The van der Waals surface area contributed by atoms with E-state index in [9.17, 15) is 9.59 Å². The van der Waals surface area contributed by atoms with Crippen LogP contribution in [-0.4, -0.2) is 35.9 Å². The van der Waals surface area contributed by atoms with Crippen molar-refractivity contribution in [2.45, 2.75) is 70.9 Å². The summed E-state index contributed by atoms with van der Waals surface area (Å²) in [6.45, 7) is 11.5. The van der Waals surface area contributed by atoms with Crippen molar-refractivity contribution in [3.05, 3.63) is 35.5 Å². The van der Waals surface area contributed by atoms with Crippen molar-refractivity contribution >= 4 is 11.9 Å². The first-order chi connectivity index (χ1) is 11.7. The van der Waals surface area contributed by atoms with Gasteiger partial charge < -0.3 is 14.2 Å². The van der Waals surface area contributed by atoms with Crippen molar-refractivity contribution < 1.29 is 23.8 Å². The van der Waals surface area contributed by atoms with E-state index in [1.54, 1.807) is 19.9 Å². The topological polar surface area (TPSA) is 65.1 Å². The summed E-state index contributed by atoms with van der Waals surface area (Å²) in [7, 11) is 0. The Kier molecular flexibility index (Phi) is 4.62. The van der Waals surface area contributed by atoms with Crippen molar-refractivity contribution in [3.63, 3.8) is 0 Å². The summed E-state index contributed by atoms with van der Waals surface area (Å²) in [5.41, 5.74) is 1.72. The first-order valence-corrected chi connectivity index (χ1v) is 8.84. The third-order valence-corrected chi connectivity index (χ3v) is 5.57. The van der Waals surface area contributed by atoms with E-state index in [-0.39, 0.29) is 23.6 Å². The molecule has 3 aliphatic rings. The predicted octanol–water partition coefficient (Wildman–Crippen LogP) is 3.25. The van der Waals surface area contributed by atoms with Gasteiger partial charge in [-0.3, -0.25) is 0 Å². The fraction of sp³-hybridized carbons (Fsp3) is 0.600. The minimum absolute atomic E-state index is 0.155. The van der Waals surface area contributed by atoms with Gasteiger partial charge in [-0.1, -0.05) is 18.2 Å². The van der Waals surface area contributed by atoms with Crippen LogP contribution >= 0.6 is 0 Å². The Balaban J connectivity index is 1.95. The van der Waals surface area contributed by atoms with Gasteiger partial charge in [0, 0.05) is 17.6 Å². The van der Waals surface area contributed by atoms with Crippen molar-refractivity contribution in [2.75, 3.05) is 0 Å². The van der Waals surface area contributed by atoms with E-state index >= 15 is 0 Å². The van der Waals surface area contributed by atoms with Gasteiger partial charge in [0.1, 0.15) is 12.2 Å². The predicted molar refractivity (Wildman–Crippen MR) is 92.7 cm³/mol. The average molecular weight is 346 g/mol.